The zero-order valence-corrected chi connectivity index (χ0v) is 15.1. The van der Waals surface area contributed by atoms with Crippen LogP contribution in [0.1, 0.15) is 16.1 Å². The van der Waals surface area contributed by atoms with Crippen molar-refractivity contribution >= 4 is 22.4 Å². The van der Waals surface area contributed by atoms with Gasteiger partial charge in [-0.1, -0.05) is 42.5 Å². The summed E-state index contributed by atoms with van der Waals surface area (Å²) in [6.45, 7) is 1.84. The molecule has 0 aliphatic carbocycles. The minimum Gasteiger partial charge on any atom is -0.506 e. The van der Waals surface area contributed by atoms with Crippen molar-refractivity contribution < 1.29 is 9.90 Å². The van der Waals surface area contributed by atoms with Crippen LogP contribution in [-0.2, 0) is 0 Å². The number of hydrogen-bond donors (Lipinski definition) is 2. The number of aromatic hydroxyl groups is 1. The van der Waals surface area contributed by atoms with Crippen molar-refractivity contribution in [3.8, 4) is 11.4 Å². The number of anilines is 1. The number of benzene rings is 3. The maximum atomic E-state index is 13.0. The van der Waals surface area contributed by atoms with E-state index in [4.69, 9.17) is 0 Å². The fraction of sp³-hybridized carbons (Fsp3) is 0.0455. The SMILES string of the molecule is Cc1ccc(NC(=O)c2nn(-c3ccccc3)c(=O)c3ccccc23)c(O)c1. The van der Waals surface area contributed by atoms with E-state index in [0.717, 1.165) is 5.56 Å². The number of rotatable bonds is 3. The summed E-state index contributed by atoms with van der Waals surface area (Å²) in [7, 11) is 0. The largest absolute Gasteiger partial charge is 0.506 e. The van der Waals surface area contributed by atoms with Crippen molar-refractivity contribution in [2.45, 2.75) is 6.92 Å². The van der Waals surface area contributed by atoms with Crippen LogP contribution in [-0.4, -0.2) is 20.8 Å². The van der Waals surface area contributed by atoms with Gasteiger partial charge in [0.25, 0.3) is 11.5 Å². The molecule has 0 bridgehead atoms. The first-order valence-electron chi connectivity index (χ1n) is 8.73. The van der Waals surface area contributed by atoms with Crippen LogP contribution < -0.4 is 10.9 Å². The second-order valence-electron chi connectivity index (χ2n) is 6.42. The third-order valence-corrected chi connectivity index (χ3v) is 4.42. The number of hydrogen-bond acceptors (Lipinski definition) is 4. The molecule has 0 fully saturated rings. The lowest BCUT2D eigenvalue weighted by Crippen LogP contribution is -2.26. The Balaban J connectivity index is 1.87. The summed E-state index contributed by atoms with van der Waals surface area (Å²) in [5.74, 6) is -0.547. The number of para-hydroxylation sites is 1. The van der Waals surface area contributed by atoms with Gasteiger partial charge in [-0.05, 0) is 42.8 Å². The molecule has 4 aromatic rings. The summed E-state index contributed by atoms with van der Waals surface area (Å²) in [6, 6.07) is 20.7. The van der Waals surface area contributed by atoms with E-state index >= 15 is 0 Å². The molecule has 0 atom stereocenters. The van der Waals surface area contributed by atoms with Gasteiger partial charge in [0.05, 0.1) is 16.8 Å². The molecular weight excluding hydrogens is 354 g/mol. The lowest BCUT2D eigenvalue weighted by atomic mass is 10.1. The van der Waals surface area contributed by atoms with E-state index in [1.807, 2.05) is 13.0 Å². The highest BCUT2D eigenvalue weighted by atomic mass is 16.3. The molecule has 0 aliphatic rings. The lowest BCUT2D eigenvalue weighted by Gasteiger charge is -2.12. The molecule has 1 amide bonds. The first kappa shape index (κ1) is 17.5. The first-order chi connectivity index (χ1) is 13.5. The van der Waals surface area contributed by atoms with Crippen molar-refractivity contribution in [2.75, 3.05) is 5.32 Å². The number of phenolic OH excluding ortho intramolecular Hbond substituents is 1. The number of carbonyl (C=O) groups is 1. The molecule has 1 heterocycles. The van der Waals surface area contributed by atoms with Gasteiger partial charge >= 0.3 is 0 Å². The quantitative estimate of drug-likeness (QED) is 0.539. The predicted molar refractivity (Wildman–Crippen MR) is 108 cm³/mol. The Labute approximate surface area is 160 Å². The molecule has 0 spiro atoms. The summed E-state index contributed by atoms with van der Waals surface area (Å²) in [4.78, 5) is 25.8. The lowest BCUT2D eigenvalue weighted by molar-refractivity contribution is 0.102. The van der Waals surface area contributed by atoms with E-state index in [2.05, 4.69) is 10.4 Å². The fourth-order valence-electron chi connectivity index (χ4n) is 3.03. The minimum atomic E-state index is -0.514. The van der Waals surface area contributed by atoms with Crippen LogP contribution in [0.2, 0.25) is 0 Å². The zero-order chi connectivity index (χ0) is 19.7. The average Bonchev–Trinajstić information content (AvgIpc) is 2.71. The van der Waals surface area contributed by atoms with E-state index in [1.165, 1.54) is 4.68 Å². The van der Waals surface area contributed by atoms with Gasteiger partial charge in [0.1, 0.15) is 5.75 Å². The normalized spacial score (nSPS) is 10.8. The standard InChI is InChI=1S/C22H17N3O3/c1-14-11-12-18(19(26)13-14)23-21(27)20-16-9-5-6-10-17(16)22(28)25(24-20)15-7-3-2-4-8-15/h2-13,26H,1H3,(H,23,27). The fourth-order valence-corrected chi connectivity index (χ4v) is 3.03. The van der Waals surface area contributed by atoms with Gasteiger partial charge in [-0.25, -0.2) is 0 Å². The van der Waals surface area contributed by atoms with Crippen LogP contribution in [0.4, 0.5) is 5.69 Å². The molecule has 3 aromatic carbocycles. The molecule has 6 nitrogen and oxygen atoms in total. The molecule has 138 valence electrons. The van der Waals surface area contributed by atoms with E-state index in [1.54, 1.807) is 66.7 Å². The number of amides is 1. The molecule has 4 rings (SSSR count). The Morgan fingerprint density at radius 1 is 0.964 bits per heavy atom. The van der Waals surface area contributed by atoms with Gasteiger partial charge in [0.2, 0.25) is 0 Å². The van der Waals surface area contributed by atoms with E-state index in [-0.39, 0.29) is 22.7 Å². The van der Waals surface area contributed by atoms with Gasteiger partial charge < -0.3 is 10.4 Å². The monoisotopic (exact) mass is 371 g/mol. The van der Waals surface area contributed by atoms with E-state index in [0.29, 0.717) is 16.5 Å². The maximum absolute atomic E-state index is 13.0. The van der Waals surface area contributed by atoms with Crippen LogP contribution >= 0.6 is 0 Å². The first-order valence-corrected chi connectivity index (χ1v) is 8.73. The summed E-state index contributed by atoms with van der Waals surface area (Å²) in [5, 5.41) is 17.9. The number of nitrogens with one attached hydrogen (secondary N) is 1. The number of aryl methyl sites for hydroxylation is 1. The minimum absolute atomic E-state index is 0.0333. The van der Waals surface area contributed by atoms with Gasteiger partial charge in [-0.15, -0.1) is 0 Å². The van der Waals surface area contributed by atoms with Crippen LogP contribution in [0.3, 0.4) is 0 Å². The number of aromatic nitrogens is 2. The molecule has 0 radical (unpaired) electrons. The maximum Gasteiger partial charge on any atom is 0.279 e. The Kier molecular flexibility index (Phi) is 4.37. The molecule has 28 heavy (non-hydrogen) atoms. The predicted octanol–water partition coefficient (Wildman–Crippen LogP) is 3.65. The van der Waals surface area contributed by atoms with Gasteiger partial charge in [-0.3, -0.25) is 9.59 Å². The second-order valence-corrected chi connectivity index (χ2v) is 6.42. The molecule has 0 unspecified atom stereocenters. The van der Waals surface area contributed by atoms with Crippen LogP contribution in [0, 0.1) is 6.92 Å². The highest BCUT2D eigenvalue weighted by Gasteiger charge is 2.18. The Morgan fingerprint density at radius 2 is 1.64 bits per heavy atom. The van der Waals surface area contributed by atoms with Gasteiger partial charge in [0.15, 0.2) is 5.69 Å². The Morgan fingerprint density at radius 3 is 2.36 bits per heavy atom. The van der Waals surface area contributed by atoms with E-state index < -0.39 is 5.91 Å². The highest BCUT2D eigenvalue weighted by Crippen LogP contribution is 2.25. The van der Waals surface area contributed by atoms with Crippen molar-refractivity contribution in [1.82, 2.24) is 9.78 Å². The van der Waals surface area contributed by atoms with Crippen molar-refractivity contribution in [3.63, 3.8) is 0 Å². The van der Waals surface area contributed by atoms with Crippen molar-refractivity contribution in [3.05, 3.63) is 94.4 Å². The summed E-state index contributed by atoms with van der Waals surface area (Å²) in [6.07, 6.45) is 0. The molecule has 1 aromatic heterocycles. The highest BCUT2D eigenvalue weighted by molar-refractivity contribution is 6.11. The van der Waals surface area contributed by atoms with Gasteiger partial charge in [0, 0.05) is 5.39 Å². The topological polar surface area (TPSA) is 84.2 Å². The molecule has 0 saturated carbocycles. The summed E-state index contributed by atoms with van der Waals surface area (Å²) < 4.78 is 1.21. The Hall–Kier alpha value is -3.93. The van der Waals surface area contributed by atoms with Crippen LogP contribution in [0.15, 0.2) is 77.6 Å². The third-order valence-electron chi connectivity index (χ3n) is 4.42. The number of phenols is 1. The second kappa shape index (κ2) is 7.00. The third kappa shape index (κ3) is 3.12. The van der Waals surface area contributed by atoms with Crippen molar-refractivity contribution in [1.29, 1.82) is 0 Å². The number of nitrogens with zero attached hydrogens (tertiary/aromatic N) is 2. The van der Waals surface area contributed by atoms with E-state index in [9.17, 15) is 14.7 Å². The summed E-state index contributed by atoms with van der Waals surface area (Å²) >= 11 is 0. The molecular formula is C22H17N3O3. The van der Waals surface area contributed by atoms with Crippen LogP contribution in [0.25, 0.3) is 16.5 Å². The van der Waals surface area contributed by atoms with Crippen molar-refractivity contribution in [2.24, 2.45) is 0 Å². The Bertz CT molecular complexity index is 1250. The number of fused-ring (bicyclic) bond motifs is 1. The van der Waals surface area contributed by atoms with Gasteiger partial charge in [-0.2, -0.15) is 9.78 Å². The summed E-state index contributed by atoms with van der Waals surface area (Å²) in [5.41, 5.74) is 1.50. The molecule has 6 heteroatoms. The zero-order valence-electron chi connectivity index (χ0n) is 15.1. The smallest absolute Gasteiger partial charge is 0.279 e. The molecule has 0 aliphatic heterocycles. The average molecular weight is 371 g/mol. The number of carbonyl (C=O) groups excluding carboxylic acids is 1. The molecule has 0 saturated heterocycles. The molecule has 2 N–H and O–H groups in total. The van der Waals surface area contributed by atoms with Crippen LogP contribution in [0.5, 0.6) is 5.75 Å².